The number of rotatable bonds is 8. The summed E-state index contributed by atoms with van der Waals surface area (Å²) >= 11 is 5.55. The Kier molecular flexibility index (Phi) is 11.6. The second-order valence-electron chi connectivity index (χ2n) is 11.6. The Balaban J connectivity index is 0.000000409. The number of hydrogen-bond donors (Lipinski definition) is 1. The van der Waals surface area contributed by atoms with Crippen molar-refractivity contribution < 1.29 is 37.3 Å². The van der Waals surface area contributed by atoms with Gasteiger partial charge in [-0.15, -0.1) is 0 Å². The van der Waals surface area contributed by atoms with Crippen molar-refractivity contribution >= 4 is 29.8 Å². The van der Waals surface area contributed by atoms with Crippen molar-refractivity contribution in [3.05, 3.63) is 86.8 Å². The zero-order valence-corrected chi connectivity index (χ0v) is 26.9. The van der Waals surface area contributed by atoms with Gasteiger partial charge in [-0.25, -0.2) is 14.8 Å². The fraction of sp³-hybridized carbons (Fsp3) is 0.455. The van der Waals surface area contributed by atoms with Crippen LogP contribution in [0.25, 0.3) is 0 Å². The van der Waals surface area contributed by atoms with Crippen LogP contribution in [0.4, 0.5) is 23.8 Å². The second-order valence-corrected chi connectivity index (χ2v) is 11.9. The summed E-state index contributed by atoms with van der Waals surface area (Å²) in [7, 11) is 0. The summed E-state index contributed by atoms with van der Waals surface area (Å²) in [5.41, 5.74) is 3.09. The average Bonchev–Trinajstić information content (AvgIpc) is 3.30. The van der Waals surface area contributed by atoms with E-state index in [1.165, 1.54) is 4.90 Å². The number of hydrogen-bond acceptors (Lipinski definition) is 8. The maximum Gasteiger partial charge on any atom is 0.416 e. The summed E-state index contributed by atoms with van der Waals surface area (Å²) in [6, 6.07) is 7.06. The zero-order valence-electron chi connectivity index (χ0n) is 26.2. The number of halogens is 4. The standard InChI is InChI=1S/C26H32F3N3O4.C7H6ClNO/c1-16-10-19(13-21(12-16)26(27,28)29)23-18(3)32(25(34)36-23)15-20-11-17(2)14-30-24(20)31(6-7-33)22-4-8-35-9-5-22;1-5-2-6(4-10)7(8)9-3-5/h10-14,18,22-23,33H,4-9,15H2,1-3H3;2-4H,1H3/t18-,23-;/m0./s1. The number of aldehydes is 1. The molecule has 2 aliphatic rings. The maximum atomic E-state index is 13.4. The summed E-state index contributed by atoms with van der Waals surface area (Å²) in [5, 5.41) is 10.0. The molecule has 1 amide bonds. The van der Waals surface area contributed by atoms with Gasteiger partial charge in [-0.1, -0.05) is 23.2 Å². The van der Waals surface area contributed by atoms with Crippen LogP contribution in [-0.4, -0.2) is 70.8 Å². The van der Waals surface area contributed by atoms with Crippen LogP contribution in [0.2, 0.25) is 5.15 Å². The van der Waals surface area contributed by atoms with Gasteiger partial charge in [0.25, 0.3) is 0 Å². The quantitative estimate of drug-likeness (QED) is 0.212. The molecular formula is C33H38ClF3N4O5. The van der Waals surface area contributed by atoms with Crippen LogP contribution in [0.15, 0.2) is 42.7 Å². The SMILES string of the molecule is Cc1cc([C@H]2OC(=O)N(Cc3cc(C)cnc3N(CCO)C3CCOCC3)[C@H]2C)cc(C(F)(F)F)c1.Cc1cnc(Cl)c(C=O)c1. The number of aromatic nitrogens is 2. The van der Waals surface area contributed by atoms with Crippen LogP contribution in [0.1, 0.15) is 69.6 Å². The summed E-state index contributed by atoms with van der Waals surface area (Å²) in [6.07, 6.45) is -0.240. The first-order valence-electron chi connectivity index (χ1n) is 15.0. The molecule has 46 heavy (non-hydrogen) atoms. The van der Waals surface area contributed by atoms with Crippen molar-refractivity contribution in [2.45, 2.75) is 71.4 Å². The highest BCUT2D eigenvalue weighted by Gasteiger charge is 2.41. The van der Waals surface area contributed by atoms with Crippen LogP contribution in [-0.2, 0) is 22.2 Å². The van der Waals surface area contributed by atoms with Gasteiger partial charge in [0.15, 0.2) is 6.29 Å². The lowest BCUT2D eigenvalue weighted by Crippen LogP contribution is -2.42. The van der Waals surface area contributed by atoms with Crippen molar-refractivity contribution in [1.82, 2.24) is 14.9 Å². The van der Waals surface area contributed by atoms with Gasteiger partial charge in [-0.3, -0.25) is 9.69 Å². The minimum atomic E-state index is -4.49. The maximum absolute atomic E-state index is 13.4. The average molecular weight is 663 g/mol. The number of alkyl halides is 3. The van der Waals surface area contributed by atoms with Crippen molar-refractivity contribution in [2.75, 3.05) is 31.3 Å². The minimum Gasteiger partial charge on any atom is -0.439 e. The molecule has 3 aromatic rings. The van der Waals surface area contributed by atoms with Crippen molar-refractivity contribution in [3.8, 4) is 0 Å². The molecule has 2 saturated heterocycles. The van der Waals surface area contributed by atoms with Gasteiger partial charge < -0.3 is 19.5 Å². The monoisotopic (exact) mass is 662 g/mol. The molecule has 0 radical (unpaired) electrons. The lowest BCUT2D eigenvalue weighted by Gasteiger charge is -2.36. The van der Waals surface area contributed by atoms with E-state index >= 15 is 0 Å². The Morgan fingerprint density at radius 1 is 1.04 bits per heavy atom. The van der Waals surface area contributed by atoms with E-state index in [9.17, 15) is 27.9 Å². The number of amides is 1. The molecule has 0 spiro atoms. The number of anilines is 1. The van der Waals surface area contributed by atoms with E-state index in [0.717, 1.165) is 41.7 Å². The van der Waals surface area contributed by atoms with Crippen molar-refractivity contribution in [3.63, 3.8) is 0 Å². The van der Waals surface area contributed by atoms with Gasteiger partial charge >= 0.3 is 12.3 Å². The molecule has 2 aromatic heterocycles. The Bertz CT molecular complexity index is 1530. The van der Waals surface area contributed by atoms with E-state index in [4.69, 9.17) is 21.1 Å². The molecule has 2 atom stereocenters. The number of nitrogens with zero attached hydrogens (tertiary/aromatic N) is 4. The van der Waals surface area contributed by atoms with Gasteiger partial charge in [0, 0.05) is 43.8 Å². The van der Waals surface area contributed by atoms with Gasteiger partial charge in [0.1, 0.15) is 17.1 Å². The molecule has 1 aromatic carbocycles. The van der Waals surface area contributed by atoms with E-state index in [2.05, 4.69) is 14.9 Å². The van der Waals surface area contributed by atoms with Crippen LogP contribution in [0.3, 0.4) is 0 Å². The van der Waals surface area contributed by atoms with E-state index < -0.39 is 30.0 Å². The lowest BCUT2D eigenvalue weighted by atomic mass is 9.98. The second kappa shape index (κ2) is 15.2. The van der Waals surface area contributed by atoms with E-state index in [-0.39, 0.29) is 24.3 Å². The molecule has 5 rings (SSSR count). The first-order valence-corrected chi connectivity index (χ1v) is 15.3. The number of cyclic esters (lactones) is 1. The van der Waals surface area contributed by atoms with Crippen LogP contribution in [0, 0.1) is 20.8 Å². The molecule has 4 heterocycles. The Labute approximate surface area is 271 Å². The largest absolute Gasteiger partial charge is 0.439 e. The van der Waals surface area contributed by atoms with Crippen molar-refractivity contribution in [2.24, 2.45) is 0 Å². The number of benzene rings is 1. The number of pyridine rings is 2. The summed E-state index contributed by atoms with van der Waals surface area (Å²) in [4.78, 5) is 35.2. The normalized spacial score (nSPS) is 18.5. The topological polar surface area (TPSA) is 105 Å². The van der Waals surface area contributed by atoms with Gasteiger partial charge in [0.2, 0.25) is 0 Å². The third-order valence-electron chi connectivity index (χ3n) is 7.94. The highest BCUT2D eigenvalue weighted by Crippen LogP contribution is 2.38. The Morgan fingerprint density at radius 2 is 1.72 bits per heavy atom. The number of aryl methyl sites for hydroxylation is 3. The smallest absolute Gasteiger partial charge is 0.416 e. The zero-order chi connectivity index (χ0) is 33.6. The third-order valence-corrected chi connectivity index (χ3v) is 8.26. The fourth-order valence-corrected chi connectivity index (χ4v) is 5.85. The minimum absolute atomic E-state index is 0.0501. The van der Waals surface area contributed by atoms with E-state index in [1.807, 2.05) is 19.9 Å². The summed E-state index contributed by atoms with van der Waals surface area (Å²) < 4.78 is 51.3. The third kappa shape index (κ3) is 8.54. The Hall–Kier alpha value is -3.74. The number of aliphatic hydroxyl groups excluding tert-OH is 1. The highest BCUT2D eigenvalue weighted by molar-refractivity contribution is 6.31. The summed E-state index contributed by atoms with van der Waals surface area (Å²) in [5.74, 6) is 0.680. The van der Waals surface area contributed by atoms with Gasteiger partial charge in [-0.2, -0.15) is 13.2 Å². The molecular weight excluding hydrogens is 625 g/mol. The lowest BCUT2D eigenvalue weighted by molar-refractivity contribution is -0.137. The molecule has 9 nitrogen and oxygen atoms in total. The van der Waals surface area contributed by atoms with E-state index in [0.29, 0.717) is 48.6 Å². The van der Waals surface area contributed by atoms with Crippen LogP contribution >= 0.6 is 11.6 Å². The van der Waals surface area contributed by atoms with Crippen LogP contribution in [0.5, 0.6) is 0 Å². The predicted molar refractivity (Wildman–Crippen MR) is 167 cm³/mol. The molecule has 0 unspecified atom stereocenters. The molecule has 2 fully saturated rings. The summed E-state index contributed by atoms with van der Waals surface area (Å²) in [6.45, 7) is 8.91. The molecule has 13 heteroatoms. The molecule has 0 aliphatic carbocycles. The van der Waals surface area contributed by atoms with E-state index in [1.54, 1.807) is 38.4 Å². The fourth-order valence-electron chi connectivity index (χ4n) is 5.70. The number of ether oxygens (including phenoxy) is 2. The number of aliphatic hydroxyl groups is 1. The molecule has 2 aliphatic heterocycles. The van der Waals surface area contributed by atoms with Crippen molar-refractivity contribution in [1.29, 1.82) is 0 Å². The van der Waals surface area contributed by atoms with Gasteiger partial charge in [0.05, 0.1) is 30.3 Å². The first-order chi connectivity index (χ1) is 21.8. The van der Waals surface area contributed by atoms with Gasteiger partial charge in [-0.05, 0) is 81.5 Å². The molecule has 1 N–H and O–H groups in total. The predicted octanol–water partition coefficient (Wildman–Crippen LogP) is 6.63. The molecule has 0 bridgehead atoms. The number of carbonyl (C=O) groups excluding carboxylic acids is 2. The number of carbonyl (C=O) groups is 2. The first kappa shape index (κ1) is 35.1. The van der Waals surface area contributed by atoms with Crippen LogP contribution < -0.4 is 4.90 Å². The Morgan fingerprint density at radius 3 is 2.35 bits per heavy atom. The molecule has 248 valence electrons. The molecule has 0 saturated carbocycles. The highest BCUT2D eigenvalue weighted by atomic mass is 35.5.